The number of fused-ring (bicyclic) bond motifs is 1. The maximum Gasteiger partial charge on any atom is 0.257 e. The van der Waals surface area contributed by atoms with Crippen molar-refractivity contribution in [1.29, 1.82) is 0 Å². The van der Waals surface area contributed by atoms with Crippen molar-refractivity contribution in [2.24, 2.45) is 5.92 Å². The third-order valence-electron chi connectivity index (χ3n) is 6.84. The summed E-state index contributed by atoms with van der Waals surface area (Å²) in [5, 5.41) is 8.03. The molecule has 1 saturated heterocycles. The summed E-state index contributed by atoms with van der Waals surface area (Å²) >= 11 is 0. The van der Waals surface area contributed by atoms with Crippen LogP contribution in [0.15, 0.2) is 54.6 Å². The van der Waals surface area contributed by atoms with Crippen LogP contribution in [0.3, 0.4) is 0 Å². The van der Waals surface area contributed by atoms with Gasteiger partial charge in [-0.3, -0.25) is 9.59 Å². The molecule has 1 heterocycles. The summed E-state index contributed by atoms with van der Waals surface area (Å²) in [6.07, 6.45) is 2.26. The molecule has 0 aromatic heterocycles. The largest absolute Gasteiger partial charge is 0.348 e. The number of halogens is 4. The Morgan fingerprint density at radius 2 is 1.67 bits per heavy atom. The molecule has 0 spiro atoms. The van der Waals surface area contributed by atoms with Crippen molar-refractivity contribution in [2.75, 3.05) is 13.1 Å². The Morgan fingerprint density at radius 1 is 0.972 bits per heavy atom. The second-order valence-corrected chi connectivity index (χ2v) is 9.26. The fourth-order valence-electron chi connectivity index (χ4n) is 4.89. The number of nitrogens with one attached hydrogen (secondary N) is 2. The van der Waals surface area contributed by atoms with Crippen molar-refractivity contribution in [1.82, 2.24) is 15.5 Å². The fraction of sp³-hybridized carbons (Fsp3) is 0.333. The minimum Gasteiger partial charge on any atom is -0.348 e. The smallest absolute Gasteiger partial charge is 0.257 e. The normalized spacial score (nSPS) is 19.4. The number of carbonyl (C=O) groups excluding carboxylic acids is 2. The Morgan fingerprint density at radius 3 is 2.39 bits per heavy atom. The summed E-state index contributed by atoms with van der Waals surface area (Å²) in [6.45, 7) is 1.34. The van der Waals surface area contributed by atoms with Gasteiger partial charge in [-0.15, -0.1) is 12.4 Å². The van der Waals surface area contributed by atoms with Gasteiger partial charge < -0.3 is 15.5 Å². The van der Waals surface area contributed by atoms with Gasteiger partial charge in [-0.05, 0) is 42.1 Å². The van der Waals surface area contributed by atoms with Crippen LogP contribution >= 0.6 is 12.4 Å². The molecule has 2 aliphatic rings. The van der Waals surface area contributed by atoms with Crippen LogP contribution in [0, 0.1) is 23.4 Å². The maximum absolute atomic E-state index is 14.2. The molecule has 190 valence electrons. The molecule has 2 fully saturated rings. The van der Waals surface area contributed by atoms with Crippen LogP contribution in [0.5, 0.6) is 0 Å². The van der Waals surface area contributed by atoms with E-state index in [-0.39, 0.29) is 24.4 Å². The van der Waals surface area contributed by atoms with E-state index >= 15 is 0 Å². The molecule has 0 bridgehead atoms. The van der Waals surface area contributed by atoms with Crippen LogP contribution < -0.4 is 10.6 Å². The summed E-state index contributed by atoms with van der Waals surface area (Å²) in [5.41, 5.74) is 0.203. The molecule has 1 aliphatic heterocycles. The minimum atomic E-state index is -1.27. The Hall–Kier alpha value is -3.10. The first-order valence-corrected chi connectivity index (χ1v) is 11.9. The van der Waals surface area contributed by atoms with E-state index in [0.717, 1.165) is 29.2 Å². The van der Waals surface area contributed by atoms with Gasteiger partial charge in [0, 0.05) is 37.3 Å². The molecule has 9 heteroatoms. The average molecular weight is 518 g/mol. The molecule has 5 nitrogen and oxygen atoms in total. The first kappa shape index (κ1) is 26.0. The number of piperidine rings is 1. The van der Waals surface area contributed by atoms with Crippen LogP contribution in [0.25, 0.3) is 10.8 Å². The van der Waals surface area contributed by atoms with Gasteiger partial charge in [0.1, 0.15) is 23.0 Å². The summed E-state index contributed by atoms with van der Waals surface area (Å²) in [6, 6.07) is 14.5. The first-order chi connectivity index (χ1) is 16.9. The zero-order valence-corrected chi connectivity index (χ0v) is 20.3. The van der Waals surface area contributed by atoms with Crippen molar-refractivity contribution in [2.45, 2.75) is 37.9 Å². The zero-order chi connectivity index (χ0) is 24.5. The molecule has 3 aromatic rings. The standard InChI is InChI=1S/C27H26F3N3O2.ClH/c28-18-12-22(29)25(23(30)13-18)26(34)32-24-10-11-31-14-21(24)27(35)33(19-8-9-19)15-17-6-3-5-16-4-1-2-7-20(16)17;/h1-7,12-13,19,21,24,31H,8-11,14-15H2,(H,32,34);1H. The molecule has 2 atom stereocenters. The number of benzene rings is 3. The third kappa shape index (κ3) is 5.34. The Balaban J connectivity index is 0.00000304. The number of carbonyl (C=O) groups is 2. The lowest BCUT2D eigenvalue weighted by molar-refractivity contribution is -0.138. The van der Waals surface area contributed by atoms with Crippen LogP contribution in [0.2, 0.25) is 0 Å². The van der Waals surface area contributed by atoms with Crippen LogP contribution in [-0.4, -0.2) is 41.9 Å². The van der Waals surface area contributed by atoms with Crippen molar-refractivity contribution >= 4 is 35.0 Å². The second kappa shape index (κ2) is 10.9. The highest BCUT2D eigenvalue weighted by molar-refractivity contribution is 5.95. The van der Waals surface area contributed by atoms with Crippen LogP contribution in [0.4, 0.5) is 13.2 Å². The molecular formula is C27H27ClF3N3O2. The monoisotopic (exact) mass is 517 g/mol. The molecule has 2 N–H and O–H groups in total. The summed E-state index contributed by atoms with van der Waals surface area (Å²) in [4.78, 5) is 28.4. The number of rotatable bonds is 6. The van der Waals surface area contributed by atoms with Gasteiger partial charge in [0.15, 0.2) is 0 Å². The molecule has 2 amide bonds. The van der Waals surface area contributed by atoms with E-state index in [1.54, 1.807) is 0 Å². The number of amides is 2. The maximum atomic E-state index is 14.2. The highest BCUT2D eigenvalue weighted by Crippen LogP contribution is 2.32. The summed E-state index contributed by atoms with van der Waals surface area (Å²) in [5.74, 6) is -5.32. The lowest BCUT2D eigenvalue weighted by Crippen LogP contribution is -2.55. The predicted octanol–water partition coefficient (Wildman–Crippen LogP) is 4.58. The highest BCUT2D eigenvalue weighted by Gasteiger charge is 2.40. The molecule has 0 radical (unpaired) electrons. The van der Waals surface area contributed by atoms with E-state index < -0.39 is 40.9 Å². The van der Waals surface area contributed by atoms with E-state index in [1.165, 1.54) is 0 Å². The molecule has 1 aliphatic carbocycles. The van der Waals surface area contributed by atoms with Gasteiger partial charge in [0.05, 0.1) is 5.92 Å². The SMILES string of the molecule is Cl.O=C(NC1CCNCC1C(=O)N(Cc1cccc2ccccc12)C1CC1)c1c(F)cc(F)cc1F. The van der Waals surface area contributed by atoms with Gasteiger partial charge in [-0.1, -0.05) is 42.5 Å². The lowest BCUT2D eigenvalue weighted by Gasteiger charge is -2.36. The van der Waals surface area contributed by atoms with E-state index in [4.69, 9.17) is 0 Å². The number of hydrogen-bond acceptors (Lipinski definition) is 3. The van der Waals surface area contributed by atoms with Crippen LogP contribution in [-0.2, 0) is 11.3 Å². The van der Waals surface area contributed by atoms with Crippen molar-refractivity contribution in [3.05, 3.63) is 83.2 Å². The first-order valence-electron chi connectivity index (χ1n) is 11.9. The average Bonchev–Trinajstić information content (AvgIpc) is 3.67. The summed E-state index contributed by atoms with van der Waals surface area (Å²) in [7, 11) is 0. The minimum absolute atomic E-state index is 0. The Labute approximate surface area is 213 Å². The molecule has 5 rings (SSSR count). The van der Waals surface area contributed by atoms with Crippen molar-refractivity contribution in [3.63, 3.8) is 0 Å². The molecule has 2 unspecified atom stereocenters. The predicted molar refractivity (Wildman–Crippen MR) is 133 cm³/mol. The number of hydrogen-bond donors (Lipinski definition) is 2. The van der Waals surface area contributed by atoms with Gasteiger partial charge in [0.25, 0.3) is 5.91 Å². The molecule has 3 aromatic carbocycles. The van der Waals surface area contributed by atoms with Gasteiger partial charge in [-0.2, -0.15) is 0 Å². The zero-order valence-electron chi connectivity index (χ0n) is 19.5. The van der Waals surface area contributed by atoms with E-state index in [2.05, 4.69) is 10.6 Å². The van der Waals surface area contributed by atoms with E-state index in [1.807, 2.05) is 47.4 Å². The third-order valence-corrected chi connectivity index (χ3v) is 6.84. The Bertz CT molecular complexity index is 1260. The van der Waals surface area contributed by atoms with Crippen molar-refractivity contribution in [3.8, 4) is 0 Å². The van der Waals surface area contributed by atoms with Gasteiger partial charge >= 0.3 is 0 Å². The fourth-order valence-corrected chi connectivity index (χ4v) is 4.89. The Kier molecular flexibility index (Phi) is 7.85. The van der Waals surface area contributed by atoms with E-state index in [9.17, 15) is 22.8 Å². The van der Waals surface area contributed by atoms with Gasteiger partial charge in [-0.25, -0.2) is 13.2 Å². The quantitative estimate of drug-likeness (QED) is 0.503. The van der Waals surface area contributed by atoms with Gasteiger partial charge in [0.2, 0.25) is 5.91 Å². The molecule has 36 heavy (non-hydrogen) atoms. The lowest BCUT2D eigenvalue weighted by atomic mass is 9.91. The molecular weight excluding hydrogens is 491 g/mol. The number of nitrogens with zero attached hydrogens (tertiary/aromatic N) is 1. The topological polar surface area (TPSA) is 61.4 Å². The molecule has 1 saturated carbocycles. The highest BCUT2D eigenvalue weighted by atomic mass is 35.5. The van der Waals surface area contributed by atoms with Crippen LogP contribution in [0.1, 0.15) is 35.2 Å². The van der Waals surface area contributed by atoms with E-state index in [0.29, 0.717) is 38.2 Å². The van der Waals surface area contributed by atoms with Crippen molar-refractivity contribution < 1.29 is 22.8 Å². The summed E-state index contributed by atoms with van der Waals surface area (Å²) < 4.78 is 41.6. The second-order valence-electron chi connectivity index (χ2n) is 9.26.